The minimum absolute atomic E-state index is 0.252. The molecule has 4 aromatic rings. The lowest BCUT2D eigenvalue weighted by Crippen LogP contribution is -2.23. The summed E-state index contributed by atoms with van der Waals surface area (Å²) in [7, 11) is 0. The number of halogens is 1. The molecule has 0 aliphatic heterocycles. The molecule has 1 N–H and O–H groups in total. The number of hydrogen-bond donors (Lipinski definition) is 1. The molecule has 4 rings (SSSR count). The second-order valence-electron chi connectivity index (χ2n) is 6.36. The Hall–Kier alpha value is -3.31. The van der Waals surface area contributed by atoms with Crippen LogP contribution in [0.5, 0.6) is 0 Å². The Morgan fingerprint density at radius 1 is 1.04 bits per heavy atom. The molecular weight excluding hydrogens is 374 g/mol. The van der Waals surface area contributed by atoms with Gasteiger partial charge in [-0.1, -0.05) is 35.9 Å². The van der Waals surface area contributed by atoms with Crippen LogP contribution in [0.1, 0.15) is 21.7 Å². The molecule has 1 amide bonds. The molecular formula is C22H18ClN3O2. The number of furan rings is 1. The molecule has 2 aromatic carbocycles. The highest BCUT2D eigenvalue weighted by molar-refractivity contribution is 6.30. The van der Waals surface area contributed by atoms with E-state index < -0.39 is 0 Å². The molecule has 5 nitrogen and oxygen atoms in total. The van der Waals surface area contributed by atoms with E-state index in [9.17, 15) is 4.79 Å². The molecule has 0 unspecified atom stereocenters. The van der Waals surface area contributed by atoms with Gasteiger partial charge in [0.15, 0.2) is 5.76 Å². The summed E-state index contributed by atoms with van der Waals surface area (Å²) in [5, 5.41) is 3.59. The van der Waals surface area contributed by atoms with E-state index >= 15 is 0 Å². The number of carbonyl (C=O) groups excluding carboxylic acids is 1. The first kappa shape index (κ1) is 18.1. The van der Waals surface area contributed by atoms with Crippen molar-refractivity contribution in [2.75, 3.05) is 0 Å². The molecule has 0 spiro atoms. The quantitative estimate of drug-likeness (QED) is 0.514. The van der Waals surface area contributed by atoms with Crippen molar-refractivity contribution in [2.24, 2.45) is 0 Å². The van der Waals surface area contributed by atoms with Crippen LogP contribution in [-0.4, -0.2) is 15.5 Å². The fourth-order valence-electron chi connectivity index (χ4n) is 2.95. The third-order valence-corrected chi connectivity index (χ3v) is 4.68. The molecule has 6 heteroatoms. The molecule has 0 aliphatic carbocycles. The third-order valence-electron chi connectivity index (χ3n) is 4.43. The van der Waals surface area contributed by atoms with Crippen molar-refractivity contribution in [1.82, 2.24) is 14.9 Å². The second kappa shape index (κ2) is 8.15. The highest BCUT2D eigenvalue weighted by atomic mass is 35.5. The van der Waals surface area contributed by atoms with Gasteiger partial charge >= 0.3 is 0 Å². The molecule has 0 fully saturated rings. The Morgan fingerprint density at radius 3 is 2.57 bits per heavy atom. The van der Waals surface area contributed by atoms with Crippen molar-refractivity contribution in [2.45, 2.75) is 13.1 Å². The maximum atomic E-state index is 12.5. The molecule has 2 heterocycles. The Balaban J connectivity index is 1.43. The van der Waals surface area contributed by atoms with E-state index in [2.05, 4.69) is 10.3 Å². The van der Waals surface area contributed by atoms with Crippen LogP contribution in [0.15, 0.2) is 83.8 Å². The number of carbonyl (C=O) groups is 1. The Morgan fingerprint density at radius 2 is 1.82 bits per heavy atom. The van der Waals surface area contributed by atoms with Gasteiger partial charge in [0.1, 0.15) is 5.76 Å². The van der Waals surface area contributed by atoms with Crippen LogP contribution < -0.4 is 5.32 Å². The number of hydrogen-bond acceptors (Lipinski definition) is 3. The van der Waals surface area contributed by atoms with Crippen molar-refractivity contribution in [1.29, 1.82) is 0 Å². The number of benzene rings is 2. The average Bonchev–Trinajstić information content (AvgIpc) is 3.40. The number of aromatic nitrogens is 2. The number of rotatable bonds is 6. The minimum Gasteiger partial charge on any atom is -0.451 e. The van der Waals surface area contributed by atoms with Gasteiger partial charge in [-0.15, -0.1) is 0 Å². The highest BCUT2D eigenvalue weighted by Gasteiger charge is 2.13. The van der Waals surface area contributed by atoms with Crippen molar-refractivity contribution >= 4 is 17.5 Å². The second-order valence-corrected chi connectivity index (χ2v) is 6.79. The van der Waals surface area contributed by atoms with E-state index in [-0.39, 0.29) is 11.7 Å². The van der Waals surface area contributed by atoms with Crippen LogP contribution >= 0.6 is 11.6 Å². The summed E-state index contributed by atoms with van der Waals surface area (Å²) in [5.74, 6) is 0.650. The van der Waals surface area contributed by atoms with Crippen molar-refractivity contribution in [3.05, 3.63) is 101 Å². The van der Waals surface area contributed by atoms with Crippen LogP contribution in [0.4, 0.5) is 0 Å². The highest BCUT2D eigenvalue weighted by Crippen LogP contribution is 2.24. The SMILES string of the molecule is O=C(NCc1ccccc1Cn1ccnc1)c1ccc(-c2ccc(Cl)cc2)o1. The van der Waals surface area contributed by atoms with Crippen molar-refractivity contribution in [3.8, 4) is 11.3 Å². The fraction of sp³-hybridized carbons (Fsp3) is 0.0909. The zero-order chi connectivity index (χ0) is 19.3. The Labute approximate surface area is 167 Å². The minimum atomic E-state index is -0.252. The topological polar surface area (TPSA) is 60.1 Å². The van der Waals surface area contributed by atoms with E-state index in [4.69, 9.17) is 16.0 Å². The largest absolute Gasteiger partial charge is 0.451 e. The maximum Gasteiger partial charge on any atom is 0.287 e. The first-order valence-electron chi connectivity index (χ1n) is 8.85. The lowest BCUT2D eigenvalue weighted by Gasteiger charge is -2.10. The Bertz CT molecular complexity index is 1070. The van der Waals surface area contributed by atoms with Crippen LogP contribution in [-0.2, 0) is 13.1 Å². The standard InChI is InChI=1S/C22H18ClN3O2/c23-19-7-5-16(6-8-19)20-9-10-21(28-20)22(27)25-13-17-3-1-2-4-18(17)14-26-12-11-24-15-26/h1-12,15H,13-14H2,(H,25,27). The number of nitrogens with zero attached hydrogens (tertiary/aromatic N) is 2. The zero-order valence-corrected chi connectivity index (χ0v) is 15.8. The van der Waals surface area contributed by atoms with Crippen molar-refractivity contribution in [3.63, 3.8) is 0 Å². The van der Waals surface area contributed by atoms with Crippen LogP contribution in [0, 0.1) is 0 Å². The summed E-state index contributed by atoms with van der Waals surface area (Å²) in [4.78, 5) is 16.6. The summed E-state index contributed by atoms with van der Waals surface area (Å²) in [5.41, 5.74) is 3.05. The molecule has 2 aromatic heterocycles. The summed E-state index contributed by atoms with van der Waals surface area (Å²) in [6.07, 6.45) is 5.44. The predicted molar refractivity (Wildman–Crippen MR) is 108 cm³/mol. The molecule has 0 saturated carbocycles. The number of amides is 1. The number of imidazole rings is 1. The monoisotopic (exact) mass is 391 g/mol. The molecule has 0 atom stereocenters. The predicted octanol–water partition coefficient (Wildman–Crippen LogP) is 4.77. The van der Waals surface area contributed by atoms with E-state index in [1.165, 1.54) is 0 Å². The van der Waals surface area contributed by atoms with Gasteiger partial charge in [-0.25, -0.2) is 4.98 Å². The first-order chi connectivity index (χ1) is 13.7. The summed E-state index contributed by atoms with van der Waals surface area (Å²) >= 11 is 5.91. The lowest BCUT2D eigenvalue weighted by atomic mass is 10.1. The third kappa shape index (κ3) is 4.15. The molecule has 0 aliphatic rings. The van der Waals surface area contributed by atoms with Gasteiger partial charge in [0.2, 0.25) is 0 Å². The van der Waals surface area contributed by atoms with E-state index in [1.807, 2.05) is 47.2 Å². The molecule has 0 saturated heterocycles. The summed E-state index contributed by atoms with van der Waals surface area (Å²) in [6, 6.07) is 18.8. The van der Waals surface area contributed by atoms with Gasteiger partial charge in [0.25, 0.3) is 5.91 Å². The van der Waals surface area contributed by atoms with Crippen LogP contribution in [0.3, 0.4) is 0 Å². The summed E-state index contributed by atoms with van der Waals surface area (Å²) in [6.45, 7) is 1.12. The van der Waals surface area contributed by atoms with Crippen LogP contribution in [0.2, 0.25) is 5.02 Å². The molecule has 0 bridgehead atoms. The van der Waals surface area contributed by atoms with E-state index in [0.717, 1.165) is 16.7 Å². The Kier molecular flexibility index (Phi) is 5.26. The molecule has 28 heavy (non-hydrogen) atoms. The van der Waals surface area contributed by atoms with E-state index in [0.29, 0.717) is 23.9 Å². The van der Waals surface area contributed by atoms with Gasteiger partial charge in [-0.2, -0.15) is 0 Å². The smallest absolute Gasteiger partial charge is 0.287 e. The van der Waals surface area contributed by atoms with Gasteiger partial charge in [-0.3, -0.25) is 4.79 Å². The summed E-state index contributed by atoms with van der Waals surface area (Å²) < 4.78 is 7.70. The zero-order valence-electron chi connectivity index (χ0n) is 15.0. The fourth-order valence-corrected chi connectivity index (χ4v) is 3.08. The average molecular weight is 392 g/mol. The molecule has 0 radical (unpaired) electrons. The van der Waals surface area contributed by atoms with Gasteiger partial charge in [-0.05, 0) is 47.5 Å². The van der Waals surface area contributed by atoms with Gasteiger partial charge < -0.3 is 14.3 Å². The normalized spacial score (nSPS) is 10.8. The maximum absolute atomic E-state index is 12.5. The van der Waals surface area contributed by atoms with Gasteiger partial charge in [0.05, 0.1) is 6.33 Å². The lowest BCUT2D eigenvalue weighted by molar-refractivity contribution is 0.0924. The molecule has 140 valence electrons. The number of nitrogens with one attached hydrogen (secondary N) is 1. The van der Waals surface area contributed by atoms with E-state index in [1.54, 1.807) is 36.8 Å². The van der Waals surface area contributed by atoms with Gasteiger partial charge in [0, 0.05) is 36.1 Å². The van der Waals surface area contributed by atoms with Crippen molar-refractivity contribution < 1.29 is 9.21 Å². The first-order valence-corrected chi connectivity index (χ1v) is 9.23. The van der Waals surface area contributed by atoms with Crippen LogP contribution in [0.25, 0.3) is 11.3 Å².